The quantitative estimate of drug-likeness (QED) is 0.764. The Bertz CT molecular complexity index is 599. The van der Waals surface area contributed by atoms with Gasteiger partial charge in [0.05, 0.1) is 16.6 Å². The molecule has 0 aliphatic carbocycles. The molecule has 1 amide bonds. The summed E-state index contributed by atoms with van der Waals surface area (Å²) < 4.78 is 4.97. The molecule has 6 nitrogen and oxygen atoms in total. The number of halogens is 1. The summed E-state index contributed by atoms with van der Waals surface area (Å²) in [5, 5.41) is 5.85. The van der Waals surface area contributed by atoms with Gasteiger partial charge in [0.15, 0.2) is 12.4 Å². The fraction of sp³-hybridized carbons (Fsp3) is 0.438. The van der Waals surface area contributed by atoms with Gasteiger partial charge in [-0.15, -0.1) is 0 Å². The summed E-state index contributed by atoms with van der Waals surface area (Å²) in [6, 6.07) is 5.42. The van der Waals surface area contributed by atoms with Gasteiger partial charge in [-0.1, -0.05) is 23.7 Å². The molecule has 0 radical (unpaired) electrons. The molecule has 2 atom stereocenters. The summed E-state index contributed by atoms with van der Waals surface area (Å²) >= 11 is 5.93. The molecule has 0 spiro atoms. The van der Waals surface area contributed by atoms with Gasteiger partial charge in [-0.25, -0.2) is 4.79 Å². The first kappa shape index (κ1) is 17.4. The van der Waals surface area contributed by atoms with Crippen LogP contribution >= 0.6 is 11.6 Å². The molecule has 124 valence electrons. The number of rotatable bonds is 6. The second-order valence-electron chi connectivity index (χ2n) is 5.40. The lowest BCUT2D eigenvalue weighted by Crippen LogP contribution is -2.41. The van der Waals surface area contributed by atoms with Gasteiger partial charge in [-0.2, -0.15) is 0 Å². The first-order valence-corrected chi connectivity index (χ1v) is 7.85. The van der Waals surface area contributed by atoms with E-state index in [1.807, 2.05) is 0 Å². The topological polar surface area (TPSA) is 84.5 Å². The molecule has 1 saturated heterocycles. The van der Waals surface area contributed by atoms with Crippen LogP contribution in [0, 0.1) is 0 Å². The number of nitrogens with one attached hydrogen (secondary N) is 2. The fourth-order valence-electron chi connectivity index (χ4n) is 2.31. The molecule has 1 fully saturated rings. The number of benzene rings is 1. The van der Waals surface area contributed by atoms with Crippen molar-refractivity contribution in [1.29, 1.82) is 0 Å². The van der Waals surface area contributed by atoms with Gasteiger partial charge in [0, 0.05) is 0 Å². The molecule has 0 bridgehead atoms. The van der Waals surface area contributed by atoms with Crippen molar-refractivity contribution in [2.24, 2.45) is 0 Å². The third kappa shape index (κ3) is 4.77. The van der Waals surface area contributed by atoms with E-state index in [2.05, 4.69) is 10.6 Å². The molecule has 2 rings (SSSR count). The lowest BCUT2D eigenvalue weighted by Gasteiger charge is -2.15. The molecule has 1 aliphatic heterocycles. The lowest BCUT2D eigenvalue weighted by atomic mass is 10.1. The number of Topliss-reactive ketones (excluding diaryl/α,β-unsaturated/α-hetero) is 1. The van der Waals surface area contributed by atoms with Gasteiger partial charge < -0.3 is 15.4 Å². The number of ketones is 1. The number of carbonyl (C=O) groups excluding carboxylic acids is 3. The zero-order chi connectivity index (χ0) is 16.8. The Morgan fingerprint density at radius 3 is 2.78 bits per heavy atom. The maximum Gasteiger partial charge on any atom is 0.328 e. The van der Waals surface area contributed by atoms with E-state index in [1.165, 1.54) is 6.92 Å². The van der Waals surface area contributed by atoms with Crippen LogP contribution in [0.3, 0.4) is 0 Å². The minimum atomic E-state index is -0.872. The van der Waals surface area contributed by atoms with Crippen molar-refractivity contribution in [3.8, 4) is 0 Å². The zero-order valence-electron chi connectivity index (χ0n) is 12.8. The van der Waals surface area contributed by atoms with Crippen molar-refractivity contribution >= 4 is 29.3 Å². The van der Waals surface area contributed by atoms with Crippen molar-refractivity contribution in [2.75, 3.05) is 13.2 Å². The summed E-state index contributed by atoms with van der Waals surface area (Å²) in [6.07, 6.45) is 1.70. The highest BCUT2D eigenvalue weighted by Crippen LogP contribution is 2.14. The van der Waals surface area contributed by atoms with Crippen LogP contribution in [0.2, 0.25) is 5.02 Å². The largest absolute Gasteiger partial charge is 0.456 e. The Labute approximate surface area is 139 Å². The number of carbonyl (C=O) groups is 3. The van der Waals surface area contributed by atoms with E-state index >= 15 is 0 Å². The predicted octanol–water partition coefficient (Wildman–Crippen LogP) is 1.32. The van der Waals surface area contributed by atoms with E-state index in [9.17, 15) is 14.4 Å². The van der Waals surface area contributed by atoms with E-state index in [-0.39, 0.29) is 24.0 Å². The lowest BCUT2D eigenvalue weighted by molar-refractivity contribution is -0.149. The first-order chi connectivity index (χ1) is 11.0. The molecule has 1 heterocycles. The van der Waals surface area contributed by atoms with Crippen molar-refractivity contribution in [2.45, 2.75) is 31.8 Å². The summed E-state index contributed by atoms with van der Waals surface area (Å²) in [4.78, 5) is 35.7. The van der Waals surface area contributed by atoms with E-state index in [0.717, 1.165) is 19.4 Å². The van der Waals surface area contributed by atoms with E-state index in [0.29, 0.717) is 5.02 Å². The summed E-state index contributed by atoms with van der Waals surface area (Å²) in [5.74, 6) is -1.28. The first-order valence-electron chi connectivity index (χ1n) is 7.47. The van der Waals surface area contributed by atoms with Crippen LogP contribution in [0.1, 0.15) is 30.1 Å². The van der Waals surface area contributed by atoms with Crippen molar-refractivity contribution in [1.82, 2.24) is 10.6 Å². The molecule has 1 aromatic rings. The van der Waals surface area contributed by atoms with E-state index in [1.54, 1.807) is 24.3 Å². The standard InChI is InChI=1S/C16H19ClN2O4/c1-10(19-15(21)11-5-2-3-6-12(11)17)16(22)23-9-14(20)13-7-4-8-18-13/h2-3,5-6,10,13,18H,4,7-9H2,1H3,(H,19,21). The smallest absolute Gasteiger partial charge is 0.328 e. The highest BCUT2D eigenvalue weighted by Gasteiger charge is 2.25. The molecule has 7 heteroatoms. The van der Waals surface area contributed by atoms with Crippen LogP contribution in [0.25, 0.3) is 0 Å². The highest BCUT2D eigenvalue weighted by atomic mass is 35.5. The average Bonchev–Trinajstić information content (AvgIpc) is 3.07. The Hall–Kier alpha value is -1.92. The van der Waals surface area contributed by atoms with Gasteiger partial charge in [-0.05, 0) is 38.4 Å². The maximum absolute atomic E-state index is 12.0. The number of hydrogen-bond acceptors (Lipinski definition) is 5. The Balaban J connectivity index is 1.81. The number of amides is 1. The van der Waals surface area contributed by atoms with Crippen molar-refractivity contribution in [3.05, 3.63) is 34.9 Å². The Morgan fingerprint density at radius 1 is 1.39 bits per heavy atom. The summed E-state index contributed by atoms with van der Waals surface area (Å²) in [6.45, 7) is 2.01. The fourth-order valence-corrected chi connectivity index (χ4v) is 2.53. The summed E-state index contributed by atoms with van der Waals surface area (Å²) in [7, 11) is 0. The van der Waals surface area contributed by atoms with Crippen LogP contribution in [-0.4, -0.2) is 42.9 Å². The van der Waals surface area contributed by atoms with Crippen LogP contribution in [-0.2, 0) is 14.3 Å². The second-order valence-corrected chi connectivity index (χ2v) is 5.81. The predicted molar refractivity (Wildman–Crippen MR) is 85.4 cm³/mol. The average molecular weight is 339 g/mol. The van der Waals surface area contributed by atoms with Crippen LogP contribution in [0.4, 0.5) is 0 Å². The SMILES string of the molecule is CC(NC(=O)c1ccccc1Cl)C(=O)OCC(=O)C1CCCN1. The van der Waals surface area contributed by atoms with Gasteiger partial charge in [0.1, 0.15) is 6.04 Å². The molecule has 23 heavy (non-hydrogen) atoms. The monoisotopic (exact) mass is 338 g/mol. The van der Waals surface area contributed by atoms with Crippen LogP contribution in [0.5, 0.6) is 0 Å². The second kappa shape index (κ2) is 8.08. The molecule has 1 aromatic carbocycles. The molecular weight excluding hydrogens is 320 g/mol. The van der Waals surface area contributed by atoms with Crippen molar-refractivity contribution in [3.63, 3.8) is 0 Å². The molecular formula is C16H19ClN2O4. The number of ether oxygens (including phenoxy) is 1. The van der Waals surface area contributed by atoms with Crippen LogP contribution < -0.4 is 10.6 Å². The van der Waals surface area contributed by atoms with E-state index < -0.39 is 17.9 Å². The normalized spacial score (nSPS) is 18.3. The van der Waals surface area contributed by atoms with Gasteiger partial charge >= 0.3 is 5.97 Å². The Kier molecular flexibility index (Phi) is 6.12. The highest BCUT2D eigenvalue weighted by molar-refractivity contribution is 6.33. The van der Waals surface area contributed by atoms with E-state index in [4.69, 9.17) is 16.3 Å². The van der Waals surface area contributed by atoms with Gasteiger partial charge in [0.25, 0.3) is 5.91 Å². The van der Waals surface area contributed by atoms with Crippen LogP contribution in [0.15, 0.2) is 24.3 Å². The Morgan fingerprint density at radius 2 is 2.13 bits per heavy atom. The zero-order valence-corrected chi connectivity index (χ0v) is 13.6. The molecule has 0 saturated carbocycles. The van der Waals surface area contributed by atoms with Gasteiger partial charge in [-0.3, -0.25) is 9.59 Å². The van der Waals surface area contributed by atoms with Gasteiger partial charge in [0.2, 0.25) is 0 Å². The number of esters is 1. The number of hydrogen-bond donors (Lipinski definition) is 2. The minimum absolute atomic E-state index is 0.152. The molecule has 0 aromatic heterocycles. The molecule has 1 aliphatic rings. The van der Waals surface area contributed by atoms with Crippen molar-refractivity contribution < 1.29 is 19.1 Å². The third-order valence-corrected chi connectivity index (χ3v) is 3.95. The third-order valence-electron chi connectivity index (χ3n) is 3.63. The molecule has 2 unspecified atom stereocenters. The summed E-state index contributed by atoms with van der Waals surface area (Å²) in [5.41, 5.74) is 0.278. The molecule has 2 N–H and O–H groups in total. The minimum Gasteiger partial charge on any atom is -0.456 e. The maximum atomic E-state index is 12.0.